The molecule has 0 aliphatic rings. The first-order valence-corrected chi connectivity index (χ1v) is 3.89. The molecule has 12 heavy (non-hydrogen) atoms. The molecule has 5 heteroatoms. The summed E-state index contributed by atoms with van der Waals surface area (Å²) >= 11 is 3.13. The minimum Gasteiger partial charge on any atom is -0.244 e. The predicted octanol–water partition coefficient (Wildman–Crippen LogP) is 1.42. The molecule has 2 heterocycles. The minimum atomic E-state index is -0.246. The van der Waals surface area contributed by atoms with Gasteiger partial charge in [0.25, 0.3) is 0 Å². The molecule has 0 aliphatic heterocycles. The molecule has 4 nitrogen and oxygen atoms in total. The van der Waals surface area contributed by atoms with E-state index in [0.29, 0.717) is 10.4 Å². The Bertz CT molecular complexity index is 496. The van der Waals surface area contributed by atoms with E-state index >= 15 is 0 Å². The van der Waals surface area contributed by atoms with Gasteiger partial charge in [0, 0.05) is 12.3 Å². The average Bonchev–Trinajstić information content (AvgIpc) is 2.47. The van der Waals surface area contributed by atoms with Crippen molar-refractivity contribution in [3.8, 4) is 5.82 Å². The number of aromatic nitrogens is 4. The third kappa shape index (κ3) is 1.35. The third-order valence-electron chi connectivity index (χ3n) is 1.19. The quantitative estimate of drug-likeness (QED) is 0.741. The van der Waals surface area contributed by atoms with Crippen LogP contribution in [0.1, 0.15) is 4.11 Å². The number of rotatable bonds is 1. The summed E-state index contributed by atoms with van der Waals surface area (Å²) in [5.74, 6) is 0.315. The molecule has 2 aromatic heterocycles. The van der Waals surface area contributed by atoms with Gasteiger partial charge in [-0.15, -0.1) is 0 Å². The van der Waals surface area contributed by atoms with Gasteiger partial charge in [-0.1, -0.05) is 0 Å². The Hall–Kier alpha value is -1.23. The lowest BCUT2D eigenvalue weighted by Crippen LogP contribution is -1.97. The van der Waals surface area contributed by atoms with Crippen LogP contribution in [-0.2, 0) is 0 Å². The normalized spacial score (nSPS) is 13.6. The van der Waals surface area contributed by atoms with Gasteiger partial charge in [-0.3, -0.25) is 0 Å². The van der Waals surface area contributed by atoms with Crippen LogP contribution in [-0.4, -0.2) is 19.7 Å². The molecule has 0 saturated heterocycles. The summed E-state index contributed by atoms with van der Waals surface area (Å²) in [4.78, 5) is 7.89. The summed E-state index contributed by atoms with van der Waals surface area (Å²) in [7, 11) is 0. The maximum Gasteiger partial charge on any atom is 0.171 e. The first-order valence-electron chi connectivity index (χ1n) is 4.60. The summed E-state index contributed by atoms with van der Waals surface area (Å²) in [6.07, 6.45) is 2.46. The zero-order valence-corrected chi connectivity index (χ0v) is 7.41. The second kappa shape index (κ2) is 3.02. The van der Waals surface area contributed by atoms with E-state index in [1.54, 1.807) is 0 Å². The highest BCUT2D eigenvalue weighted by Crippen LogP contribution is 2.05. The van der Waals surface area contributed by atoms with Gasteiger partial charge < -0.3 is 0 Å². The lowest BCUT2D eigenvalue weighted by Gasteiger charge is -1.97. The van der Waals surface area contributed by atoms with Gasteiger partial charge in [0.1, 0.15) is 4.60 Å². The van der Waals surface area contributed by atoms with Gasteiger partial charge >= 0.3 is 0 Å². The lowest BCUT2D eigenvalue weighted by molar-refractivity contribution is 0.835. The van der Waals surface area contributed by atoms with Crippen LogP contribution >= 0.6 is 15.9 Å². The maximum absolute atomic E-state index is 7.52. The van der Waals surface area contributed by atoms with Crippen LogP contribution in [0.3, 0.4) is 0 Å². The lowest BCUT2D eigenvalue weighted by atomic mass is 10.6. The fourth-order valence-electron chi connectivity index (χ4n) is 0.701. The molecule has 0 amide bonds. The molecule has 0 bridgehead atoms. The number of nitrogens with zero attached hydrogens (tertiary/aromatic N) is 4. The molecule has 2 rings (SSSR count). The highest BCUT2D eigenvalue weighted by Gasteiger charge is 1.96. The number of hydrogen-bond donors (Lipinski definition) is 0. The van der Waals surface area contributed by atoms with E-state index in [1.807, 2.05) is 0 Å². The summed E-state index contributed by atoms with van der Waals surface area (Å²) in [6, 6.07) is -0.222. The zero-order chi connectivity index (χ0) is 11.0. The Morgan fingerprint density at radius 1 is 1.42 bits per heavy atom. The summed E-state index contributed by atoms with van der Waals surface area (Å²) in [5.41, 5.74) is 0. The van der Waals surface area contributed by atoms with E-state index in [0.717, 1.165) is 4.68 Å². The molecule has 0 aromatic carbocycles. The van der Waals surface area contributed by atoms with Crippen molar-refractivity contribution in [2.24, 2.45) is 0 Å². The number of halogens is 1. The van der Waals surface area contributed by atoms with Crippen LogP contribution < -0.4 is 0 Å². The molecule has 0 unspecified atom stereocenters. The molecular formula is C7H5BrN4. The fourth-order valence-corrected chi connectivity index (χ4v) is 0.906. The Labute approximate surface area is 81.6 Å². The van der Waals surface area contributed by atoms with E-state index in [9.17, 15) is 0 Å². The van der Waals surface area contributed by atoms with Crippen LogP contribution in [0.2, 0.25) is 0 Å². The molecule has 0 aliphatic carbocycles. The predicted molar refractivity (Wildman–Crippen MR) is 46.9 cm³/mol. The topological polar surface area (TPSA) is 43.6 Å². The second-order valence-electron chi connectivity index (χ2n) is 1.96. The van der Waals surface area contributed by atoms with Gasteiger partial charge in [0.15, 0.2) is 5.82 Å². The maximum atomic E-state index is 7.52. The first-order chi connectivity index (χ1) is 7.09. The van der Waals surface area contributed by atoms with Gasteiger partial charge in [-0.05, 0) is 22.0 Å². The summed E-state index contributed by atoms with van der Waals surface area (Å²) < 4.78 is 23.8. The molecule has 0 radical (unpaired) electrons. The molecule has 2 aromatic rings. The van der Waals surface area contributed by atoms with Crippen molar-refractivity contribution in [3.63, 3.8) is 0 Å². The van der Waals surface area contributed by atoms with Crippen LogP contribution in [0, 0.1) is 0 Å². The van der Waals surface area contributed by atoms with Crippen molar-refractivity contribution in [1.82, 2.24) is 19.7 Å². The molecular weight excluding hydrogens is 220 g/mol. The highest BCUT2D eigenvalue weighted by molar-refractivity contribution is 9.10. The van der Waals surface area contributed by atoms with E-state index in [-0.39, 0.29) is 18.4 Å². The fraction of sp³-hybridized carbons (Fsp3) is 0. The first kappa shape index (κ1) is 4.71. The minimum absolute atomic E-state index is 0.170. The Kier molecular flexibility index (Phi) is 1.19. The molecule has 0 N–H and O–H groups in total. The summed E-state index contributed by atoms with van der Waals surface area (Å²) in [5, 5.41) is 3.70. The van der Waals surface area contributed by atoms with Crippen molar-refractivity contribution in [2.45, 2.75) is 0 Å². The van der Waals surface area contributed by atoms with Crippen LogP contribution in [0.4, 0.5) is 0 Å². The van der Waals surface area contributed by atoms with Crippen molar-refractivity contribution < 1.29 is 4.11 Å². The third-order valence-corrected chi connectivity index (χ3v) is 1.60. The molecule has 0 atom stereocenters. The second-order valence-corrected chi connectivity index (χ2v) is 2.77. The zero-order valence-electron chi connectivity index (χ0n) is 8.82. The number of hydrogen-bond acceptors (Lipinski definition) is 3. The standard InChI is InChI=1S/C7H5BrN4/c8-6-4-10-7(5-9-6)12-3-1-2-11-12/h1-5H/i1D,2D,3D. The highest BCUT2D eigenvalue weighted by atomic mass is 79.9. The monoisotopic (exact) mass is 227 g/mol. The van der Waals surface area contributed by atoms with E-state index in [1.165, 1.54) is 12.4 Å². The van der Waals surface area contributed by atoms with Crippen LogP contribution in [0.15, 0.2) is 35.4 Å². The van der Waals surface area contributed by atoms with E-state index in [4.69, 9.17) is 4.11 Å². The van der Waals surface area contributed by atoms with Gasteiger partial charge in [0.05, 0.1) is 16.5 Å². The van der Waals surface area contributed by atoms with E-state index < -0.39 is 0 Å². The summed E-state index contributed by atoms with van der Waals surface area (Å²) in [6.45, 7) is 0. The average molecular weight is 228 g/mol. The Balaban J connectivity index is 2.54. The molecule has 0 fully saturated rings. The molecule has 0 saturated carbocycles. The van der Waals surface area contributed by atoms with Gasteiger partial charge in [-0.25, -0.2) is 14.6 Å². The van der Waals surface area contributed by atoms with Gasteiger partial charge in [0.2, 0.25) is 0 Å². The van der Waals surface area contributed by atoms with Crippen LogP contribution in [0.25, 0.3) is 5.82 Å². The van der Waals surface area contributed by atoms with Crippen molar-refractivity contribution >= 4 is 15.9 Å². The van der Waals surface area contributed by atoms with Crippen molar-refractivity contribution in [2.75, 3.05) is 0 Å². The smallest absolute Gasteiger partial charge is 0.171 e. The molecule has 60 valence electrons. The van der Waals surface area contributed by atoms with Crippen molar-refractivity contribution in [1.29, 1.82) is 0 Å². The Morgan fingerprint density at radius 3 is 2.92 bits per heavy atom. The van der Waals surface area contributed by atoms with E-state index in [2.05, 4.69) is 31.0 Å². The Morgan fingerprint density at radius 2 is 2.33 bits per heavy atom. The SMILES string of the molecule is [2H]c1nn(-c2cnc(Br)cn2)c([2H])c1[2H]. The largest absolute Gasteiger partial charge is 0.244 e. The van der Waals surface area contributed by atoms with Crippen molar-refractivity contribution in [3.05, 3.63) is 35.4 Å². The van der Waals surface area contributed by atoms with Crippen LogP contribution in [0.5, 0.6) is 0 Å². The molecule has 0 spiro atoms. The van der Waals surface area contributed by atoms with Gasteiger partial charge in [-0.2, -0.15) is 5.10 Å².